The predicted molar refractivity (Wildman–Crippen MR) is 99.2 cm³/mol. The lowest BCUT2D eigenvalue weighted by atomic mass is 10.0. The molecule has 1 aliphatic rings. The smallest absolute Gasteiger partial charge is 0.319 e. The van der Waals surface area contributed by atoms with E-state index in [1.54, 1.807) is 17.4 Å². The van der Waals surface area contributed by atoms with Crippen LogP contribution in [0.4, 0.5) is 10.5 Å². The summed E-state index contributed by atoms with van der Waals surface area (Å²) in [6.07, 6.45) is 0. The van der Waals surface area contributed by atoms with Crippen molar-refractivity contribution in [1.29, 1.82) is 0 Å². The first-order valence-corrected chi connectivity index (χ1v) is 9.42. The Morgan fingerprint density at radius 3 is 2.58 bits per heavy atom. The maximum Gasteiger partial charge on any atom is 0.319 e. The monoisotopic (exact) mass is 410 g/mol. The lowest BCUT2D eigenvalue weighted by Crippen LogP contribution is -2.34. The summed E-state index contributed by atoms with van der Waals surface area (Å²) in [4.78, 5) is 13.6. The third-order valence-corrected chi connectivity index (χ3v) is 5.29. The Kier molecular flexibility index (Phi) is 5.30. The molecule has 1 aromatic heterocycles. The summed E-state index contributed by atoms with van der Waals surface area (Å²) in [6, 6.07) is 7.33. The van der Waals surface area contributed by atoms with E-state index in [1.807, 2.05) is 23.6 Å². The van der Waals surface area contributed by atoms with E-state index in [2.05, 4.69) is 40.4 Å². The highest BCUT2D eigenvalue weighted by molar-refractivity contribution is 9.10. The molecule has 0 saturated heterocycles. The zero-order valence-electron chi connectivity index (χ0n) is 13.5. The summed E-state index contributed by atoms with van der Waals surface area (Å²) in [5.74, 6) is 1.61. The van der Waals surface area contributed by atoms with Gasteiger partial charge in [0.05, 0.1) is 11.7 Å². The summed E-state index contributed by atoms with van der Waals surface area (Å²) in [5.41, 5.74) is 0.644. The van der Waals surface area contributed by atoms with E-state index in [-0.39, 0.29) is 18.0 Å². The molecule has 0 bridgehead atoms. The lowest BCUT2D eigenvalue weighted by Gasteiger charge is -2.23. The van der Waals surface area contributed by atoms with E-state index in [1.165, 1.54) is 0 Å². The van der Waals surface area contributed by atoms with E-state index in [0.29, 0.717) is 30.4 Å². The first kappa shape index (κ1) is 17.1. The molecule has 2 aromatic rings. The van der Waals surface area contributed by atoms with Gasteiger partial charge in [-0.25, -0.2) is 4.79 Å². The molecule has 1 aromatic carbocycles. The molecule has 0 saturated carbocycles. The second-order valence-corrected chi connectivity index (χ2v) is 7.64. The van der Waals surface area contributed by atoms with Gasteiger partial charge in [-0.05, 0) is 33.3 Å². The molecule has 0 radical (unpaired) electrons. The molecule has 3 rings (SSSR count). The molecule has 7 heteroatoms. The van der Waals surface area contributed by atoms with Gasteiger partial charge < -0.3 is 20.1 Å². The van der Waals surface area contributed by atoms with Crippen molar-refractivity contribution in [2.24, 2.45) is 5.92 Å². The van der Waals surface area contributed by atoms with E-state index in [4.69, 9.17) is 9.47 Å². The second kappa shape index (κ2) is 7.44. The number of thiophene rings is 1. The van der Waals surface area contributed by atoms with Gasteiger partial charge in [0.15, 0.2) is 11.5 Å². The van der Waals surface area contributed by atoms with E-state index in [0.717, 1.165) is 9.35 Å². The summed E-state index contributed by atoms with van der Waals surface area (Å²) in [7, 11) is 0. The molecule has 1 atom stereocenters. The van der Waals surface area contributed by atoms with Gasteiger partial charge in [0.1, 0.15) is 13.2 Å². The minimum atomic E-state index is -0.250. The Hall–Kier alpha value is -1.73. The average molecular weight is 411 g/mol. The van der Waals surface area contributed by atoms with Crippen molar-refractivity contribution >= 4 is 39.0 Å². The quantitative estimate of drug-likeness (QED) is 0.760. The standard InChI is InChI=1S/C17H19BrN2O3S/c1-10(2)16(15-4-3-7-24-15)20-17(21)19-12-9-14-13(8-11(12)18)22-5-6-23-14/h3-4,7-10,16H,5-6H2,1-2H3,(H2,19,20,21). The van der Waals surface area contributed by atoms with Crippen LogP contribution in [0, 0.1) is 5.92 Å². The van der Waals surface area contributed by atoms with Gasteiger partial charge in [-0.1, -0.05) is 19.9 Å². The zero-order chi connectivity index (χ0) is 17.1. The first-order chi connectivity index (χ1) is 11.5. The molecular weight excluding hydrogens is 392 g/mol. The second-order valence-electron chi connectivity index (χ2n) is 5.81. The van der Waals surface area contributed by atoms with Crippen LogP contribution in [0.3, 0.4) is 0 Å². The van der Waals surface area contributed by atoms with Crippen molar-refractivity contribution in [2.75, 3.05) is 18.5 Å². The van der Waals surface area contributed by atoms with Crippen LogP contribution >= 0.6 is 27.3 Å². The Labute approximate surface area is 153 Å². The van der Waals surface area contributed by atoms with Crippen molar-refractivity contribution in [3.05, 3.63) is 39.0 Å². The Morgan fingerprint density at radius 2 is 1.96 bits per heavy atom. The van der Waals surface area contributed by atoms with Crippen LogP contribution < -0.4 is 20.1 Å². The molecule has 0 spiro atoms. The molecule has 1 aliphatic heterocycles. The molecule has 0 aliphatic carbocycles. The molecule has 0 fully saturated rings. The Morgan fingerprint density at radius 1 is 1.25 bits per heavy atom. The van der Waals surface area contributed by atoms with Gasteiger partial charge in [-0.15, -0.1) is 11.3 Å². The number of nitrogens with one attached hydrogen (secondary N) is 2. The van der Waals surface area contributed by atoms with Crippen LogP contribution in [-0.4, -0.2) is 19.2 Å². The number of carbonyl (C=O) groups excluding carboxylic acids is 1. The molecule has 24 heavy (non-hydrogen) atoms. The van der Waals surface area contributed by atoms with Crippen molar-refractivity contribution < 1.29 is 14.3 Å². The largest absolute Gasteiger partial charge is 0.486 e. The van der Waals surface area contributed by atoms with E-state index >= 15 is 0 Å². The van der Waals surface area contributed by atoms with Gasteiger partial charge in [-0.2, -0.15) is 0 Å². The van der Waals surface area contributed by atoms with Gasteiger partial charge in [-0.3, -0.25) is 0 Å². The van der Waals surface area contributed by atoms with Crippen LogP contribution in [0.5, 0.6) is 11.5 Å². The number of benzene rings is 1. The minimum Gasteiger partial charge on any atom is -0.486 e. The fraction of sp³-hybridized carbons (Fsp3) is 0.353. The number of hydrogen-bond acceptors (Lipinski definition) is 4. The van der Waals surface area contributed by atoms with E-state index < -0.39 is 0 Å². The van der Waals surface area contributed by atoms with Crippen LogP contribution in [0.2, 0.25) is 0 Å². The highest BCUT2D eigenvalue weighted by Crippen LogP contribution is 2.38. The van der Waals surface area contributed by atoms with Crippen molar-refractivity contribution in [2.45, 2.75) is 19.9 Å². The summed E-state index contributed by atoms with van der Waals surface area (Å²) < 4.78 is 11.8. The molecule has 1 unspecified atom stereocenters. The predicted octanol–water partition coefficient (Wildman–Crippen LogP) is 4.80. The zero-order valence-corrected chi connectivity index (χ0v) is 15.9. The van der Waals surface area contributed by atoms with Gasteiger partial charge in [0, 0.05) is 21.5 Å². The van der Waals surface area contributed by atoms with Gasteiger partial charge in [0.25, 0.3) is 0 Å². The normalized spacial score (nSPS) is 14.3. The van der Waals surface area contributed by atoms with Gasteiger partial charge in [0.2, 0.25) is 0 Å². The summed E-state index contributed by atoms with van der Waals surface area (Å²) in [6.45, 7) is 5.22. The molecule has 2 amide bonds. The fourth-order valence-corrected chi connectivity index (χ4v) is 3.86. The number of fused-ring (bicyclic) bond motifs is 1. The number of urea groups is 1. The number of hydrogen-bond donors (Lipinski definition) is 2. The van der Waals surface area contributed by atoms with Crippen molar-refractivity contribution in [3.8, 4) is 11.5 Å². The maximum atomic E-state index is 12.4. The highest BCUT2D eigenvalue weighted by Gasteiger charge is 2.21. The first-order valence-electron chi connectivity index (χ1n) is 7.74. The third-order valence-electron chi connectivity index (χ3n) is 3.68. The van der Waals surface area contributed by atoms with E-state index in [9.17, 15) is 4.79 Å². The molecule has 2 heterocycles. The Balaban J connectivity index is 1.72. The van der Waals surface area contributed by atoms with Crippen LogP contribution in [0.1, 0.15) is 24.8 Å². The highest BCUT2D eigenvalue weighted by atomic mass is 79.9. The van der Waals surface area contributed by atoms with Crippen LogP contribution in [0.15, 0.2) is 34.1 Å². The summed E-state index contributed by atoms with van der Waals surface area (Å²) in [5, 5.41) is 7.94. The Bertz CT molecular complexity index is 719. The number of ether oxygens (including phenoxy) is 2. The van der Waals surface area contributed by atoms with Crippen molar-refractivity contribution in [3.63, 3.8) is 0 Å². The SMILES string of the molecule is CC(C)C(NC(=O)Nc1cc2c(cc1Br)OCCO2)c1cccs1. The molecule has 2 N–H and O–H groups in total. The van der Waals surface area contributed by atoms with Crippen LogP contribution in [-0.2, 0) is 0 Å². The van der Waals surface area contributed by atoms with Gasteiger partial charge >= 0.3 is 6.03 Å². The maximum absolute atomic E-state index is 12.4. The lowest BCUT2D eigenvalue weighted by molar-refractivity contribution is 0.171. The number of carbonyl (C=O) groups is 1. The number of anilines is 1. The average Bonchev–Trinajstić information content (AvgIpc) is 3.07. The molecular formula is C17H19BrN2O3S. The molecule has 128 valence electrons. The summed E-state index contributed by atoms with van der Waals surface area (Å²) >= 11 is 5.10. The third kappa shape index (κ3) is 3.84. The van der Waals surface area contributed by atoms with Crippen LogP contribution in [0.25, 0.3) is 0 Å². The topological polar surface area (TPSA) is 59.6 Å². The number of rotatable bonds is 4. The van der Waals surface area contributed by atoms with Crippen molar-refractivity contribution in [1.82, 2.24) is 5.32 Å². The molecule has 5 nitrogen and oxygen atoms in total. The number of halogens is 1. The minimum absolute atomic E-state index is 0.0269. The fourth-order valence-electron chi connectivity index (χ4n) is 2.49. The number of amides is 2.